The van der Waals surface area contributed by atoms with E-state index in [2.05, 4.69) is 25.0 Å². The maximum absolute atomic E-state index is 13.9. The maximum atomic E-state index is 13.9. The van der Waals surface area contributed by atoms with Crippen molar-refractivity contribution in [2.24, 2.45) is 17.8 Å². The van der Waals surface area contributed by atoms with Crippen LogP contribution in [0.5, 0.6) is 0 Å². The van der Waals surface area contributed by atoms with Crippen LogP contribution in [0.2, 0.25) is 25.7 Å². The number of carboxylic acid groups (broad SMARTS) is 1. The van der Waals surface area contributed by atoms with Gasteiger partial charge in [0.15, 0.2) is 0 Å². The average molecular weight is 617 g/mol. The van der Waals surface area contributed by atoms with Crippen molar-refractivity contribution in [3.05, 3.63) is 35.9 Å². The van der Waals surface area contributed by atoms with Crippen LogP contribution in [0.15, 0.2) is 30.3 Å². The van der Waals surface area contributed by atoms with Crippen LogP contribution < -0.4 is 5.32 Å². The minimum atomic E-state index is -1.26. The zero-order valence-electron chi connectivity index (χ0n) is 27.5. The van der Waals surface area contributed by atoms with Gasteiger partial charge in [-0.05, 0) is 68.8 Å². The van der Waals surface area contributed by atoms with E-state index in [-0.39, 0.29) is 23.8 Å². The van der Waals surface area contributed by atoms with Crippen LogP contribution in [0.25, 0.3) is 0 Å². The van der Waals surface area contributed by atoms with E-state index in [1.165, 1.54) is 19.3 Å². The van der Waals surface area contributed by atoms with E-state index in [9.17, 15) is 19.8 Å². The molecule has 7 nitrogen and oxygen atoms in total. The molecule has 4 atom stereocenters. The number of aliphatic hydroxyl groups is 1. The number of hydrogen-bond donors (Lipinski definition) is 3. The molecule has 3 N–H and O–H groups in total. The van der Waals surface area contributed by atoms with Gasteiger partial charge >= 0.3 is 6.09 Å². The quantitative estimate of drug-likeness (QED) is 0.123. The third kappa shape index (κ3) is 11.8. The summed E-state index contributed by atoms with van der Waals surface area (Å²) in [6, 6.07) is 10.9. The number of carbonyl (C=O) groups excluding carboxylic acids is 1. The number of ether oxygens (including phenoxy) is 1. The summed E-state index contributed by atoms with van der Waals surface area (Å²) >= 11 is 0. The smallest absolute Gasteiger partial charge is 0.407 e. The van der Waals surface area contributed by atoms with Crippen LogP contribution in [-0.4, -0.2) is 68.0 Å². The van der Waals surface area contributed by atoms with Crippen molar-refractivity contribution >= 4 is 20.1 Å². The molecule has 3 unspecified atom stereocenters. The second-order valence-corrected chi connectivity index (χ2v) is 20.3. The van der Waals surface area contributed by atoms with Crippen molar-refractivity contribution in [2.45, 2.75) is 127 Å². The molecule has 0 spiro atoms. The zero-order chi connectivity index (χ0) is 31.3. The van der Waals surface area contributed by atoms with E-state index in [0.717, 1.165) is 69.4 Å². The molecule has 2 saturated carbocycles. The number of nitrogens with one attached hydrogen (secondary N) is 1. The van der Waals surface area contributed by atoms with E-state index in [1.54, 1.807) is 12.0 Å². The van der Waals surface area contributed by atoms with Crippen LogP contribution in [-0.2, 0) is 15.1 Å². The van der Waals surface area contributed by atoms with Gasteiger partial charge < -0.3 is 25.2 Å². The predicted molar refractivity (Wildman–Crippen MR) is 177 cm³/mol. The molecular formula is C35H60N2O5Si. The van der Waals surface area contributed by atoms with Gasteiger partial charge in [0.2, 0.25) is 5.91 Å². The number of hydrogen-bond acceptors (Lipinski definition) is 4. The van der Waals surface area contributed by atoms with E-state index >= 15 is 0 Å². The number of methoxy groups -OCH3 is 1. The Morgan fingerprint density at radius 2 is 1.74 bits per heavy atom. The summed E-state index contributed by atoms with van der Waals surface area (Å²) in [5.41, 5.74) is -0.0459. The van der Waals surface area contributed by atoms with E-state index < -0.39 is 19.8 Å². The van der Waals surface area contributed by atoms with Gasteiger partial charge in [0.05, 0.1) is 5.60 Å². The lowest BCUT2D eigenvalue weighted by Crippen LogP contribution is -2.49. The highest BCUT2D eigenvalue weighted by atomic mass is 28.3. The highest BCUT2D eigenvalue weighted by Gasteiger charge is 2.42. The third-order valence-electron chi connectivity index (χ3n) is 9.91. The standard InChI is InChI=1S/C35H60N2O5Si/c1-42-23-12-11-21-35(41,30-18-9-6-10-19-30)31-20-13-17-29(26-31)33(38)36-32(25-28-15-7-5-8-16-28)27-37(34(39)40)22-14-24-43(2,3)4/h6,9-10,18-19,28-29,31-32,41H,5,7-8,11-17,20-27H2,1-4H3,(H,36,38)(H,39,40)/t29?,31?,32-,35?/m0/s1. The first-order chi connectivity index (χ1) is 20.5. The van der Waals surface area contributed by atoms with Crippen molar-refractivity contribution < 1.29 is 24.5 Å². The average Bonchev–Trinajstić information content (AvgIpc) is 2.99. The predicted octanol–water partition coefficient (Wildman–Crippen LogP) is 7.66. The van der Waals surface area contributed by atoms with Crippen LogP contribution >= 0.6 is 0 Å². The summed E-state index contributed by atoms with van der Waals surface area (Å²) < 4.78 is 5.25. The van der Waals surface area contributed by atoms with E-state index in [1.807, 2.05) is 30.3 Å². The summed E-state index contributed by atoms with van der Waals surface area (Å²) in [5.74, 6) is 0.390. The summed E-state index contributed by atoms with van der Waals surface area (Å²) in [7, 11) is 0.448. The van der Waals surface area contributed by atoms with Gasteiger partial charge in [-0.25, -0.2) is 4.79 Å². The van der Waals surface area contributed by atoms with Crippen LogP contribution in [0, 0.1) is 17.8 Å². The molecule has 0 aromatic heterocycles. The Bertz CT molecular complexity index is 965. The molecule has 0 aliphatic heterocycles. The van der Waals surface area contributed by atoms with Crippen molar-refractivity contribution in [3.63, 3.8) is 0 Å². The van der Waals surface area contributed by atoms with Gasteiger partial charge in [0.1, 0.15) is 0 Å². The molecular weight excluding hydrogens is 556 g/mol. The number of benzene rings is 1. The summed E-state index contributed by atoms with van der Waals surface area (Å²) in [6.07, 6.45) is 12.5. The molecule has 244 valence electrons. The van der Waals surface area contributed by atoms with Crippen LogP contribution in [0.1, 0.15) is 95.5 Å². The fourth-order valence-electron chi connectivity index (χ4n) is 7.47. The summed E-state index contributed by atoms with van der Waals surface area (Å²) in [5, 5.41) is 25.6. The van der Waals surface area contributed by atoms with Gasteiger partial charge in [0, 0.05) is 46.8 Å². The highest BCUT2D eigenvalue weighted by molar-refractivity contribution is 6.76. The molecule has 2 aliphatic rings. The zero-order valence-corrected chi connectivity index (χ0v) is 28.5. The molecule has 43 heavy (non-hydrogen) atoms. The Hall–Kier alpha value is -1.90. The van der Waals surface area contributed by atoms with Gasteiger partial charge in [-0.15, -0.1) is 0 Å². The molecule has 8 heteroatoms. The number of unbranched alkanes of at least 4 members (excludes halogenated alkanes) is 1. The molecule has 0 saturated heterocycles. The van der Waals surface area contributed by atoms with Gasteiger partial charge in [0.25, 0.3) is 0 Å². The number of nitrogens with zero attached hydrogens (tertiary/aromatic N) is 1. The van der Waals surface area contributed by atoms with Crippen molar-refractivity contribution in [1.29, 1.82) is 0 Å². The molecule has 2 aliphatic carbocycles. The Morgan fingerprint density at radius 1 is 1.02 bits per heavy atom. The molecule has 1 aromatic rings. The number of carbonyl (C=O) groups is 2. The van der Waals surface area contributed by atoms with Crippen LogP contribution in [0.3, 0.4) is 0 Å². The Kier molecular flexibility index (Phi) is 14.5. The van der Waals surface area contributed by atoms with Crippen molar-refractivity contribution in [1.82, 2.24) is 10.2 Å². The van der Waals surface area contributed by atoms with E-state index in [4.69, 9.17) is 4.74 Å². The Labute approximate surface area is 262 Å². The molecule has 2 fully saturated rings. The summed E-state index contributed by atoms with van der Waals surface area (Å²) in [4.78, 5) is 27.7. The monoisotopic (exact) mass is 616 g/mol. The van der Waals surface area contributed by atoms with Gasteiger partial charge in [-0.2, -0.15) is 0 Å². The van der Waals surface area contributed by atoms with Gasteiger partial charge in [-0.3, -0.25) is 4.79 Å². The molecule has 0 bridgehead atoms. The van der Waals surface area contributed by atoms with Crippen LogP contribution in [0.4, 0.5) is 4.79 Å². The molecule has 0 radical (unpaired) electrons. The topological polar surface area (TPSA) is 99.1 Å². The first kappa shape index (κ1) is 35.6. The highest BCUT2D eigenvalue weighted by Crippen LogP contribution is 2.44. The number of rotatable bonds is 17. The SMILES string of the molecule is COCCCCC(O)(c1ccccc1)C1CCCC(C(=O)N[C@@H](CC2CCCCC2)CN(CCC[Si](C)(C)C)C(=O)O)C1. The molecule has 2 amide bonds. The Balaban J connectivity index is 1.71. The minimum Gasteiger partial charge on any atom is -0.465 e. The minimum absolute atomic E-state index is 0.00387. The maximum Gasteiger partial charge on any atom is 0.407 e. The van der Waals surface area contributed by atoms with Gasteiger partial charge in [-0.1, -0.05) is 94.5 Å². The first-order valence-corrected chi connectivity index (χ1v) is 20.8. The van der Waals surface area contributed by atoms with E-state index in [0.29, 0.717) is 38.5 Å². The second kappa shape index (κ2) is 17.5. The fraction of sp³-hybridized carbons (Fsp3) is 0.771. The lowest BCUT2D eigenvalue weighted by molar-refractivity contribution is -0.130. The largest absolute Gasteiger partial charge is 0.465 e. The number of amides is 2. The second-order valence-electron chi connectivity index (χ2n) is 14.6. The normalized spacial score (nSPS) is 22.0. The van der Waals surface area contributed by atoms with Crippen molar-refractivity contribution in [3.8, 4) is 0 Å². The fourth-order valence-corrected chi connectivity index (χ4v) is 8.69. The first-order valence-electron chi connectivity index (χ1n) is 17.1. The molecule has 1 aromatic carbocycles. The lowest BCUT2D eigenvalue weighted by atomic mass is 9.68. The lowest BCUT2D eigenvalue weighted by Gasteiger charge is -2.41. The Morgan fingerprint density at radius 3 is 2.40 bits per heavy atom. The third-order valence-corrected chi connectivity index (χ3v) is 11.8. The molecule has 0 heterocycles. The van der Waals surface area contributed by atoms with Crippen molar-refractivity contribution in [2.75, 3.05) is 26.8 Å². The summed E-state index contributed by atoms with van der Waals surface area (Å²) in [6.45, 7) is 8.51. The molecule has 3 rings (SSSR count).